The SMILES string of the molecule is CCN(CCO)C(=O)C(S)C(S)C(N)=O. The predicted molar refractivity (Wildman–Crippen MR) is 64.1 cm³/mol. The number of hydrogen-bond acceptors (Lipinski definition) is 5. The molecule has 0 spiro atoms. The summed E-state index contributed by atoms with van der Waals surface area (Å²) in [6, 6.07) is 0. The number of amides is 2. The van der Waals surface area contributed by atoms with Gasteiger partial charge in [-0.1, -0.05) is 0 Å². The van der Waals surface area contributed by atoms with Gasteiger partial charge in [0.1, 0.15) is 10.5 Å². The number of carbonyl (C=O) groups is 2. The Balaban J connectivity index is 4.46. The average molecular weight is 252 g/mol. The first-order valence-electron chi connectivity index (χ1n) is 4.50. The average Bonchev–Trinajstić information content (AvgIpc) is 2.22. The third kappa shape index (κ3) is 4.31. The molecule has 0 saturated heterocycles. The topological polar surface area (TPSA) is 83.6 Å². The van der Waals surface area contributed by atoms with Crippen LogP contribution < -0.4 is 5.73 Å². The van der Waals surface area contributed by atoms with Gasteiger partial charge in [-0.05, 0) is 6.92 Å². The van der Waals surface area contributed by atoms with Gasteiger partial charge in [0.2, 0.25) is 11.8 Å². The Kier molecular flexibility index (Phi) is 6.78. The van der Waals surface area contributed by atoms with E-state index in [0.717, 1.165) is 0 Å². The molecule has 0 aromatic rings. The number of nitrogens with two attached hydrogens (primary N) is 1. The lowest BCUT2D eigenvalue weighted by molar-refractivity contribution is -0.132. The van der Waals surface area contributed by atoms with Crippen molar-refractivity contribution in [2.45, 2.75) is 17.4 Å². The largest absolute Gasteiger partial charge is 0.395 e. The van der Waals surface area contributed by atoms with Crippen LogP contribution in [-0.4, -0.2) is 52.0 Å². The summed E-state index contributed by atoms with van der Waals surface area (Å²) in [5.41, 5.74) is 5.01. The fraction of sp³-hybridized carbons (Fsp3) is 0.750. The Morgan fingerprint density at radius 3 is 2.27 bits per heavy atom. The third-order valence-corrected chi connectivity index (χ3v) is 3.21. The summed E-state index contributed by atoms with van der Waals surface area (Å²) >= 11 is 7.90. The third-order valence-electron chi connectivity index (χ3n) is 1.91. The van der Waals surface area contributed by atoms with E-state index in [1.807, 2.05) is 0 Å². The zero-order chi connectivity index (χ0) is 12.0. The number of aliphatic hydroxyl groups is 1. The molecule has 0 aliphatic heterocycles. The summed E-state index contributed by atoms with van der Waals surface area (Å²) in [5, 5.41) is 6.92. The molecule has 2 unspecified atom stereocenters. The number of primary amides is 1. The highest BCUT2D eigenvalue weighted by Gasteiger charge is 2.29. The Morgan fingerprint density at radius 1 is 1.40 bits per heavy atom. The van der Waals surface area contributed by atoms with Crippen molar-refractivity contribution in [2.75, 3.05) is 19.7 Å². The molecule has 0 aliphatic carbocycles. The lowest BCUT2D eigenvalue weighted by Gasteiger charge is -2.24. The van der Waals surface area contributed by atoms with Crippen LogP contribution in [0.25, 0.3) is 0 Å². The van der Waals surface area contributed by atoms with E-state index in [9.17, 15) is 9.59 Å². The quantitative estimate of drug-likeness (QED) is 0.453. The lowest BCUT2D eigenvalue weighted by atomic mass is 10.2. The molecule has 0 rings (SSSR count). The van der Waals surface area contributed by atoms with Crippen molar-refractivity contribution in [1.29, 1.82) is 0 Å². The Hall–Kier alpha value is -0.400. The minimum absolute atomic E-state index is 0.131. The van der Waals surface area contributed by atoms with Crippen LogP contribution in [0.1, 0.15) is 6.92 Å². The summed E-state index contributed by atoms with van der Waals surface area (Å²) in [6.45, 7) is 2.29. The molecule has 0 aromatic heterocycles. The molecule has 7 heteroatoms. The molecule has 0 heterocycles. The van der Waals surface area contributed by atoms with E-state index in [4.69, 9.17) is 10.8 Å². The van der Waals surface area contributed by atoms with Crippen LogP contribution >= 0.6 is 25.3 Å². The van der Waals surface area contributed by atoms with Gasteiger partial charge in [-0.25, -0.2) is 0 Å². The van der Waals surface area contributed by atoms with Crippen LogP contribution in [0.3, 0.4) is 0 Å². The predicted octanol–water partition coefficient (Wildman–Crippen LogP) is -1.09. The van der Waals surface area contributed by atoms with Crippen LogP contribution in [0, 0.1) is 0 Å². The number of nitrogens with zero attached hydrogens (tertiary/aromatic N) is 1. The highest BCUT2D eigenvalue weighted by atomic mass is 32.1. The van der Waals surface area contributed by atoms with Crippen LogP contribution in [0.4, 0.5) is 0 Å². The molecule has 0 bridgehead atoms. The van der Waals surface area contributed by atoms with Crippen LogP contribution in [0.2, 0.25) is 0 Å². The Morgan fingerprint density at radius 2 is 1.93 bits per heavy atom. The molecular formula is C8H16N2O3S2. The number of thiol groups is 2. The molecule has 15 heavy (non-hydrogen) atoms. The summed E-state index contributed by atoms with van der Waals surface area (Å²) in [6.07, 6.45) is 0. The van der Waals surface area contributed by atoms with Gasteiger partial charge in [-0.2, -0.15) is 25.3 Å². The minimum Gasteiger partial charge on any atom is -0.395 e. The molecule has 0 aromatic carbocycles. The van der Waals surface area contributed by atoms with Gasteiger partial charge in [0.25, 0.3) is 0 Å². The first kappa shape index (κ1) is 14.6. The number of likely N-dealkylation sites (N-methyl/N-ethyl adjacent to an activating group) is 1. The minimum atomic E-state index is -0.923. The van der Waals surface area contributed by atoms with E-state index < -0.39 is 16.4 Å². The van der Waals surface area contributed by atoms with Gasteiger partial charge in [-0.3, -0.25) is 9.59 Å². The first-order valence-corrected chi connectivity index (χ1v) is 5.54. The first-order chi connectivity index (χ1) is 6.95. The molecule has 0 saturated carbocycles. The maximum absolute atomic E-state index is 11.7. The highest BCUT2D eigenvalue weighted by Crippen LogP contribution is 2.12. The summed E-state index contributed by atoms with van der Waals surface area (Å²) in [7, 11) is 0. The molecular weight excluding hydrogens is 236 g/mol. The highest BCUT2D eigenvalue weighted by molar-refractivity contribution is 7.86. The second-order valence-corrected chi connectivity index (χ2v) is 4.05. The van der Waals surface area contributed by atoms with Gasteiger partial charge >= 0.3 is 0 Å². The maximum atomic E-state index is 11.7. The molecule has 3 N–H and O–H groups in total. The van der Waals surface area contributed by atoms with E-state index in [-0.39, 0.29) is 19.1 Å². The van der Waals surface area contributed by atoms with E-state index in [0.29, 0.717) is 6.54 Å². The normalized spacial score (nSPS) is 14.4. The summed E-state index contributed by atoms with van der Waals surface area (Å²) < 4.78 is 0. The number of aliphatic hydroxyl groups excluding tert-OH is 1. The smallest absolute Gasteiger partial charge is 0.237 e. The second kappa shape index (κ2) is 6.97. The van der Waals surface area contributed by atoms with Crippen molar-refractivity contribution >= 4 is 37.1 Å². The van der Waals surface area contributed by atoms with E-state index in [1.165, 1.54) is 4.90 Å². The van der Waals surface area contributed by atoms with Gasteiger partial charge in [-0.15, -0.1) is 0 Å². The van der Waals surface area contributed by atoms with E-state index >= 15 is 0 Å². The molecule has 0 fully saturated rings. The monoisotopic (exact) mass is 252 g/mol. The number of carbonyl (C=O) groups excluding carboxylic acids is 2. The Labute approximate surface area is 99.8 Å². The molecule has 0 aliphatic rings. The fourth-order valence-corrected chi connectivity index (χ4v) is 1.46. The summed E-state index contributed by atoms with van der Waals surface area (Å²) in [4.78, 5) is 23.9. The van der Waals surface area contributed by atoms with Crippen LogP contribution in [-0.2, 0) is 9.59 Å². The second-order valence-electron chi connectivity index (χ2n) is 2.93. The molecule has 2 atom stereocenters. The van der Waals surface area contributed by atoms with Gasteiger partial charge < -0.3 is 15.7 Å². The molecule has 0 radical (unpaired) electrons. The summed E-state index contributed by atoms with van der Waals surface area (Å²) in [5.74, 6) is -1.04. The van der Waals surface area contributed by atoms with Crippen molar-refractivity contribution in [2.24, 2.45) is 5.73 Å². The molecule has 2 amide bonds. The van der Waals surface area contributed by atoms with Crippen LogP contribution in [0.15, 0.2) is 0 Å². The van der Waals surface area contributed by atoms with Gasteiger partial charge in [0, 0.05) is 13.1 Å². The van der Waals surface area contributed by atoms with Crippen LogP contribution in [0.5, 0.6) is 0 Å². The van der Waals surface area contributed by atoms with Gasteiger partial charge in [0.05, 0.1) is 6.61 Å². The Bertz CT molecular complexity index is 238. The van der Waals surface area contributed by atoms with Crippen molar-refractivity contribution in [3.63, 3.8) is 0 Å². The van der Waals surface area contributed by atoms with E-state index in [2.05, 4.69) is 25.3 Å². The fourth-order valence-electron chi connectivity index (χ4n) is 1.02. The number of rotatable bonds is 6. The van der Waals surface area contributed by atoms with E-state index in [1.54, 1.807) is 6.92 Å². The zero-order valence-corrected chi connectivity index (χ0v) is 10.2. The molecule has 88 valence electrons. The maximum Gasteiger partial charge on any atom is 0.237 e. The van der Waals surface area contributed by atoms with Gasteiger partial charge in [0.15, 0.2) is 0 Å². The number of hydrogen-bond donors (Lipinski definition) is 4. The zero-order valence-electron chi connectivity index (χ0n) is 8.46. The van der Waals surface area contributed by atoms with Crippen molar-refractivity contribution in [1.82, 2.24) is 4.90 Å². The lowest BCUT2D eigenvalue weighted by Crippen LogP contribution is -2.45. The van der Waals surface area contributed by atoms with Crippen molar-refractivity contribution < 1.29 is 14.7 Å². The van der Waals surface area contributed by atoms with Crippen molar-refractivity contribution in [3.05, 3.63) is 0 Å². The molecule has 5 nitrogen and oxygen atoms in total. The standard InChI is InChI=1S/C8H16N2O3S2/c1-2-10(3-4-11)8(13)6(15)5(14)7(9)12/h5-6,11,14-15H,2-4H2,1H3,(H2,9,12). The van der Waals surface area contributed by atoms with Crippen molar-refractivity contribution in [3.8, 4) is 0 Å².